The Kier molecular flexibility index (Phi) is 3.73. The molecule has 1 aromatic carbocycles. The zero-order valence-corrected chi connectivity index (χ0v) is 15.7. The molecule has 7 heteroatoms. The van der Waals surface area contributed by atoms with Crippen LogP contribution in [0.25, 0.3) is 0 Å². The fourth-order valence-corrected chi connectivity index (χ4v) is 5.31. The van der Waals surface area contributed by atoms with Crippen LogP contribution < -0.4 is 0 Å². The number of carbonyl (C=O) groups excluding carboxylic acids is 1. The molecule has 146 valence electrons. The molecule has 1 atom stereocenters. The van der Waals surface area contributed by atoms with Gasteiger partial charge in [0, 0.05) is 31.4 Å². The summed E-state index contributed by atoms with van der Waals surface area (Å²) >= 11 is 0. The zero-order valence-electron chi connectivity index (χ0n) is 15.7. The van der Waals surface area contributed by atoms with Gasteiger partial charge in [0.1, 0.15) is 11.6 Å². The maximum atomic E-state index is 13.6. The van der Waals surface area contributed by atoms with Gasteiger partial charge in [-0.1, -0.05) is 6.92 Å². The number of nitrogens with zero attached hydrogens (tertiary/aromatic N) is 4. The van der Waals surface area contributed by atoms with Crippen molar-refractivity contribution in [3.63, 3.8) is 0 Å². The van der Waals surface area contributed by atoms with E-state index in [1.807, 2.05) is 10.9 Å². The summed E-state index contributed by atoms with van der Waals surface area (Å²) in [7, 11) is 0. The van der Waals surface area contributed by atoms with E-state index in [2.05, 4.69) is 23.3 Å². The predicted molar refractivity (Wildman–Crippen MR) is 99.4 cm³/mol. The first-order valence-electron chi connectivity index (χ1n) is 9.75. The van der Waals surface area contributed by atoms with E-state index in [0.29, 0.717) is 12.0 Å². The first-order chi connectivity index (χ1) is 13.4. The number of hydrogen-bond donors (Lipinski definition) is 0. The highest BCUT2D eigenvalue weighted by Crippen LogP contribution is 2.74. The first-order valence-corrected chi connectivity index (χ1v) is 9.75. The van der Waals surface area contributed by atoms with Crippen LogP contribution in [0.1, 0.15) is 49.8 Å². The SMILES string of the molecule is CCc1cnn(CC23CC(C(=O)N4N=CCC4c4cc(F)cc(F)c4)(C2)C3)c1. The monoisotopic (exact) mass is 384 g/mol. The summed E-state index contributed by atoms with van der Waals surface area (Å²) in [4.78, 5) is 13.2. The number of halogens is 2. The highest BCUT2D eigenvalue weighted by atomic mass is 19.1. The molecule has 5 nitrogen and oxygen atoms in total. The lowest BCUT2D eigenvalue weighted by Crippen LogP contribution is -2.68. The molecule has 3 aliphatic carbocycles. The Balaban J connectivity index is 1.28. The molecular weight excluding hydrogens is 362 g/mol. The third kappa shape index (κ3) is 2.59. The summed E-state index contributed by atoms with van der Waals surface area (Å²) < 4.78 is 29.2. The summed E-state index contributed by atoms with van der Waals surface area (Å²) in [5, 5.41) is 10.1. The first kappa shape index (κ1) is 17.5. The van der Waals surface area contributed by atoms with Crippen LogP contribution in [0.4, 0.5) is 8.78 Å². The van der Waals surface area contributed by atoms with Crippen molar-refractivity contribution in [2.75, 3.05) is 0 Å². The summed E-state index contributed by atoms with van der Waals surface area (Å²) in [6.45, 7) is 2.94. The van der Waals surface area contributed by atoms with E-state index < -0.39 is 17.7 Å². The molecule has 6 rings (SSSR count). The average Bonchev–Trinajstić information content (AvgIpc) is 3.24. The van der Waals surface area contributed by atoms with Gasteiger partial charge >= 0.3 is 0 Å². The lowest BCUT2D eigenvalue weighted by Gasteiger charge is -2.69. The smallest absolute Gasteiger partial charge is 0.249 e. The highest BCUT2D eigenvalue weighted by molar-refractivity contribution is 5.88. The normalized spacial score (nSPS) is 30.2. The summed E-state index contributed by atoms with van der Waals surface area (Å²) in [5.41, 5.74) is 1.45. The summed E-state index contributed by atoms with van der Waals surface area (Å²) in [6, 6.07) is 2.99. The van der Waals surface area contributed by atoms with Crippen LogP contribution in [0, 0.1) is 22.5 Å². The van der Waals surface area contributed by atoms with E-state index in [0.717, 1.165) is 38.3 Å². The van der Waals surface area contributed by atoms with E-state index >= 15 is 0 Å². The van der Waals surface area contributed by atoms with Crippen molar-refractivity contribution in [3.05, 3.63) is 53.4 Å². The van der Waals surface area contributed by atoms with Crippen LogP contribution in [-0.2, 0) is 17.8 Å². The molecule has 4 aliphatic rings. The van der Waals surface area contributed by atoms with E-state index in [9.17, 15) is 13.6 Å². The van der Waals surface area contributed by atoms with Crippen LogP contribution in [0.5, 0.6) is 0 Å². The number of carbonyl (C=O) groups is 1. The Labute approximate surface area is 162 Å². The average molecular weight is 384 g/mol. The molecule has 1 unspecified atom stereocenters. The van der Waals surface area contributed by atoms with Gasteiger partial charge in [0.05, 0.1) is 17.7 Å². The van der Waals surface area contributed by atoms with Crippen LogP contribution in [0.3, 0.4) is 0 Å². The predicted octanol–water partition coefficient (Wildman–Crippen LogP) is 3.85. The molecule has 2 heterocycles. The summed E-state index contributed by atoms with van der Waals surface area (Å²) in [6.07, 6.45) is 9.56. The van der Waals surface area contributed by atoms with Gasteiger partial charge in [0.15, 0.2) is 0 Å². The van der Waals surface area contributed by atoms with Crippen molar-refractivity contribution in [3.8, 4) is 0 Å². The lowest BCUT2D eigenvalue weighted by atomic mass is 9.34. The second kappa shape index (κ2) is 5.96. The third-order valence-corrected chi connectivity index (χ3v) is 6.49. The molecule has 1 aliphatic heterocycles. The van der Waals surface area contributed by atoms with Crippen LogP contribution >= 0.6 is 0 Å². The van der Waals surface area contributed by atoms with Crippen molar-refractivity contribution in [2.45, 2.75) is 51.6 Å². The Morgan fingerprint density at radius 3 is 2.57 bits per heavy atom. The Hall–Kier alpha value is -2.57. The minimum atomic E-state index is -0.635. The minimum Gasteiger partial charge on any atom is -0.272 e. The van der Waals surface area contributed by atoms with Crippen LogP contribution in [0.2, 0.25) is 0 Å². The largest absolute Gasteiger partial charge is 0.272 e. The van der Waals surface area contributed by atoms with Crippen molar-refractivity contribution >= 4 is 12.1 Å². The van der Waals surface area contributed by atoms with Gasteiger partial charge in [-0.3, -0.25) is 9.48 Å². The number of aryl methyl sites for hydroxylation is 1. The number of amides is 1. The molecule has 2 bridgehead atoms. The molecule has 3 saturated carbocycles. The number of hydrazone groups is 1. The molecule has 0 N–H and O–H groups in total. The fraction of sp³-hybridized carbons (Fsp3) is 0.476. The maximum absolute atomic E-state index is 13.6. The van der Waals surface area contributed by atoms with Crippen LogP contribution in [0.15, 0.2) is 35.7 Å². The number of benzene rings is 1. The topological polar surface area (TPSA) is 50.5 Å². The van der Waals surface area contributed by atoms with E-state index in [1.165, 1.54) is 22.7 Å². The van der Waals surface area contributed by atoms with Gasteiger partial charge in [0.25, 0.3) is 0 Å². The van der Waals surface area contributed by atoms with Crippen LogP contribution in [-0.4, -0.2) is 26.9 Å². The van der Waals surface area contributed by atoms with E-state index in [-0.39, 0.29) is 16.7 Å². The molecule has 0 radical (unpaired) electrons. The Morgan fingerprint density at radius 1 is 1.21 bits per heavy atom. The molecule has 2 aromatic rings. The molecular formula is C21H22F2N4O. The van der Waals surface area contributed by atoms with Crippen molar-refractivity contribution < 1.29 is 13.6 Å². The molecule has 0 saturated heterocycles. The molecule has 1 amide bonds. The highest BCUT2D eigenvalue weighted by Gasteiger charge is 2.72. The fourth-order valence-electron chi connectivity index (χ4n) is 5.31. The Morgan fingerprint density at radius 2 is 1.93 bits per heavy atom. The number of hydrogen-bond acceptors (Lipinski definition) is 3. The quantitative estimate of drug-likeness (QED) is 0.786. The number of rotatable bonds is 5. The van der Waals surface area contributed by atoms with Gasteiger partial charge < -0.3 is 0 Å². The minimum absolute atomic E-state index is 0.0208. The third-order valence-electron chi connectivity index (χ3n) is 6.49. The van der Waals surface area contributed by atoms with E-state index in [4.69, 9.17) is 0 Å². The summed E-state index contributed by atoms with van der Waals surface area (Å²) in [5.74, 6) is -1.29. The van der Waals surface area contributed by atoms with E-state index in [1.54, 1.807) is 6.21 Å². The molecule has 3 fully saturated rings. The zero-order chi connectivity index (χ0) is 19.5. The Bertz CT molecular complexity index is 943. The second-order valence-corrected chi connectivity index (χ2v) is 8.61. The van der Waals surface area contributed by atoms with Crippen molar-refractivity contribution in [1.82, 2.24) is 14.8 Å². The van der Waals surface area contributed by atoms with Crippen molar-refractivity contribution in [1.29, 1.82) is 0 Å². The van der Waals surface area contributed by atoms with Gasteiger partial charge in [-0.25, -0.2) is 13.8 Å². The molecule has 1 aromatic heterocycles. The number of aromatic nitrogens is 2. The van der Waals surface area contributed by atoms with Gasteiger partial charge in [-0.05, 0) is 54.4 Å². The van der Waals surface area contributed by atoms with Gasteiger partial charge in [-0.15, -0.1) is 0 Å². The standard InChI is InChI=1S/C21H22F2N4O/c1-2-14-8-25-26(9-14)13-20-10-21(11-20,12-20)19(28)27-18(3-4-24-27)15-5-16(22)7-17(23)6-15/h4-9,18H,2-3,10-13H2,1H3. The maximum Gasteiger partial charge on any atom is 0.249 e. The molecule has 0 spiro atoms. The van der Waals surface area contributed by atoms with Gasteiger partial charge in [-0.2, -0.15) is 10.2 Å². The van der Waals surface area contributed by atoms with Gasteiger partial charge in [0.2, 0.25) is 5.91 Å². The lowest BCUT2D eigenvalue weighted by molar-refractivity contribution is -0.223. The molecule has 28 heavy (non-hydrogen) atoms. The van der Waals surface area contributed by atoms with Crippen molar-refractivity contribution in [2.24, 2.45) is 15.9 Å². The second-order valence-electron chi connectivity index (χ2n) is 8.61.